The molecular formula is C44H56ClN7O7. The monoisotopic (exact) mass is 829 g/mol. The van der Waals surface area contributed by atoms with Crippen LogP contribution in [0, 0.1) is 17.8 Å². The predicted octanol–water partition coefficient (Wildman–Crippen LogP) is 7.26. The van der Waals surface area contributed by atoms with Crippen LogP contribution >= 0.6 is 11.6 Å². The number of likely N-dealkylation sites (tertiary alicyclic amines) is 2. The smallest absolute Gasteiger partial charge is 0.407 e. The lowest BCUT2D eigenvalue weighted by atomic mass is 9.95. The number of H-pyrrole nitrogens is 1. The molecule has 4 heterocycles. The number of amides is 4. The molecule has 1 aromatic heterocycles. The van der Waals surface area contributed by atoms with Gasteiger partial charge in [0, 0.05) is 49.5 Å². The fourth-order valence-electron chi connectivity index (χ4n) is 8.44. The number of imidazole rings is 1. The number of allylic oxidation sites excluding steroid dienone is 1. The molecule has 0 bridgehead atoms. The number of aromatic nitrogens is 2. The molecule has 2 fully saturated rings. The maximum Gasteiger partial charge on any atom is 0.407 e. The summed E-state index contributed by atoms with van der Waals surface area (Å²) in [7, 11) is 4.24. The zero-order chi connectivity index (χ0) is 42.5. The van der Waals surface area contributed by atoms with Crippen LogP contribution in [0.2, 0.25) is 5.15 Å². The number of aliphatic imine (C=N–C) groups is 1. The minimum Gasteiger partial charge on any atom is -0.453 e. The fraction of sp³-hybridized carbons (Fsp3) is 0.500. The highest BCUT2D eigenvalue weighted by atomic mass is 35.5. The van der Waals surface area contributed by atoms with E-state index in [0.29, 0.717) is 42.7 Å². The van der Waals surface area contributed by atoms with Gasteiger partial charge >= 0.3 is 12.2 Å². The van der Waals surface area contributed by atoms with Gasteiger partial charge in [0.25, 0.3) is 0 Å². The van der Waals surface area contributed by atoms with E-state index in [0.717, 1.165) is 46.4 Å². The maximum atomic E-state index is 13.9. The van der Waals surface area contributed by atoms with E-state index in [1.54, 1.807) is 12.0 Å². The van der Waals surface area contributed by atoms with Crippen molar-refractivity contribution in [2.24, 2.45) is 22.7 Å². The number of rotatable bonds is 13. The van der Waals surface area contributed by atoms with Crippen LogP contribution in [0.1, 0.15) is 77.7 Å². The van der Waals surface area contributed by atoms with Crippen LogP contribution in [0.3, 0.4) is 0 Å². The van der Waals surface area contributed by atoms with Crippen LogP contribution in [0.25, 0.3) is 28.0 Å². The molecule has 6 atom stereocenters. The van der Waals surface area contributed by atoms with Crippen molar-refractivity contribution in [2.45, 2.75) is 90.5 Å². The largest absolute Gasteiger partial charge is 0.453 e. The Kier molecular flexibility index (Phi) is 13.8. The molecule has 3 aliphatic heterocycles. The van der Waals surface area contributed by atoms with Gasteiger partial charge in [0.1, 0.15) is 28.8 Å². The van der Waals surface area contributed by atoms with Crippen molar-refractivity contribution in [2.75, 3.05) is 34.5 Å². The second kappa shape index (κ2) is 18.8. The lowest BCUT2D eigenvalue weighted by Crippen LogP contribution is -2.53. The summed E-state index contributed by atoms with van der Waals surface area (Å²) in [5.74, 6) is 0.147. The first-order valence-electron chi connectivity index (χ1n) is 20.3. The molecule has 0 aliphatic carbocycles. The average molecular weight is 830 g/mol. The topological polar surface area (TPSA) is 168 Å². The van der Waals surface area contributed by atoms with Gasteiger partial charge in [-0.2, -0.15) is 0 Å². The van der Waals surface area contributed by atoms with Crippen molar-refractivity contribution < 1.29 is 33.4 Å². The number of halogens is 1. The van der Waals surface area contributed by atoms with E-state index >= 15 is 0 Å². The third-order valence-electron chi connectivity index (χ3n) is 11.7. The van der Waals surface area contributed by atoms with Gasteiger partial charge in [-0.05, 0) is 60.3 Å². The number of nitrogens with zero attached hydrogens (tertiary/aromatic N) is 4. The molecule has 14 nitrogen and oxygen atoms in total. The molecule has 3 aliphatic rings. The highest BCUT2D eigenvalue weighted by Gasteiger charge is 2.43. The van der Waals surface area contributed by atoms with Crippen LogP contribution in [0.5, 0.6) is 0 Å². The van der Waals surface area contributed by atoms with Crippen molar-refractivity contribution in [3.8, 4) is 22.4 Å². The number of hydrogen-bond donors (Lipinski definition) is 3. The first-order chi connectivity index (χ1) is 28.2. The maximum absolute atomic E-state index is 13.9. The Morgan fingerprint density at radius 2 is 1.37 bits per heavy atom. The Morgan fingerprint density at radius 3 is 1.93 bits per heavy atom. The lowest BCUT2D eigenvalue weighted by Gasteiger charge is -2.32. The molecule has 0 saturated carbocycles. The zero-order valence-corrected chi connectivity index (χ0v) is 35.8. The molecule has 3 N–H and O–H groups in total. The minimum absolute atomic E-state index is 0.0474. The Hall–Kier alpha value is -5.21. The number of alkyl carbamates (subject to hydrolysis) is 2. The Morgan fingerprint density at radius 1 is 0.814 bits per heavy atom. The molecule has 2 saturated heterocycles. The second-order valence-corrected chi connectivity index (χ2v) is 16.7. The molecular weight excluding hydrogens is 774 g/mol. The molecule has 3 aromatic rings. The van der Waals surface area contributed by atoms with Gasteiger partial charge in [-0.15, -0.1) is 0 Å². The van der Waals surface area contributed by atoms with Crippen LogP contribution in [0.15, 0.2) is 59.7 Å². The van der Waals surface area contributed by atoms with Crippen molar-refractivity contribution in [3.05, 3.63) is 71.3 Å². The average Bonchev–Trinajstić information content (AvgIpc) is 4.04. The van der Waals surface area contributed by atoms with Crippen LogP contribution in [-0.2, 0) is 23.8 Å². The van der Waals surface area contributed by atoms with Gasteiger partial charge in [-0.1, -0.05) is 87.8 Å². The van der Waals surface area contributed by atoms with Crippen LogP contribution in [0.4, 0.5) is 9.59 Å². The second-order valence-electron chi connectivity index (χ2n) is 16.4. The molecule has 59 heavy (non-hydrogen) atoms. The molecule has 2 aromatic carbocycles. The number of aromatic amines is 1. The number of methoxy groups -OCH3 is 3. The molecule has 1 unspecified atom stereocenters. The van der Waals surface area contributed by atoms with E-state index in [-0.39, 0.29) is 47.7 Å². The Bertz CT molecular complexity index is 2060. The van der Waals surface area contributed by atoms with Crippen molar-refractivity contribution >= 4 is 46.9 Å². The summed E-state index contributed by atoms with van der Waals surface area (Å²) < 4.78 is 15.1. The van der Waals surface area contributed by atoms with E-state index in [2.05, 4.69) is 39.9 Å². The molecule has 15 heteroatoms. The SMILES string of the molecule is COC[C@H]1C[C@@H](C2=NC=C(c3ccc(-c4ccc(-c5nc([C@@H]6CC[C@H](C)N6C(=O)C(NC(=O)OC)C(C)C)[nH]c5Cl)cc4)cc3)C2)N(C(=O)[C@@H](NC(=O)OC)C(C)C)C1. The highest BCUT2D eigenvalue weighted by molar-refractivity contribution is 6.32. The standard InChI is InChI=1S/C44H56ClN7O7/c1-24(2)36(48-43(55)58-7)41(53)51-22-27(23-57-6)19-35(51)33-20-32(21-46-33)30-12-10-28(11-13-30)29-14-16-31(17-15-29)38-39(45)50-40(47-38)34-18-9-26(5)52(34)42(54)37(25(3)4)49-44(56)59-8/h10-17,21,24-27,34-37H,9,18-20,22-23H2,1-8H3,(H,47,50)(H,48,55)(H,49,56)/t26-,27-,34-,35-,36-,37?/m0/s1. The summed E-state index contributed by atoms with van der Waals surface area (Å²) in [4.78, 5) is 68.5. The van der Waals surface area contributed by atoms with Gasteiger partial charge in [0.2, 0.25) is 11.8 Å². The van der Waals surface area contributed by atoms with E-state index in [4.69, 9.17) is 35.8 Å². The van der Waals surface area contributed by atoms with E-state index in [9.17, 15) is 19.2 Å². The summed E-state index contributed by atoms with van der Waals surface area (Å²) in [6, 6.07) is 14.3. The zero-order valence-electron chi connectivity index (χ0n) is 35.1. The van der Waals surface area contributed by atoms with Gasteiger partial charge in [0.05, 0.1) is 32.9 Å². The molecule has 4 amide bonds. The molecule has 6 rings (SSSR count). The number of ether oxygens (including phenoxy) is 3. The minimum atomic E-state index is -0.742. The third kappa shape index (κ3) is 9.49. The van der Waals surface area contributed by atoms with Gasteiger partial charge < -0.3 is 39.6 Å². The fourth-order valence-corrected chi connectivity index (χ4v) is 8.69. The lowest BCUT2D eigenvalue weighted by molar-refractivity contribution is -0.137. The third-order valence-corrected chi connectivity index (χ3v) is 11.9. The number of nitrogens with one attached hydrogen (secondary N) is 3. The van der Waals surface area contributed by atoms with Crippen LogP contribution in [-0.4, -0.2) is 108 Å². The van der Waals surface area contributed by atoms with Gasteiger partial charge in [0.15, 0.2) is 0 Å². The van der Waals surface area contributed by atoms with Gasteiger partial charge in [-0.3, -0.25) is 14.6 Å². The first-order valence-corrected chi connectivity index (χ1v) is 20.6. The van der Waals surface area contributed by atoms with Crippen molar-refractivity contribution in [3.63, 3.8) is 0 Å². The quantitative estimate of drug-likeness (QED) is 0.162. The van der Waals surface area contributed by atoms with E-state index in [1.807, 2.05) is 70.0 Å². The van der Waals surface area contributed by atoms with E-state index in [1.165, 1.54) is 14.2 Å². The van der Waals surface area contributed by atoms with Crippen LogP contribution < -0.4 is 10.6 Å². The molecule has 0 radical (unpaired) electrons. The first kappa shape index (κ1) is 43.4. The normalized spacial score (nSPS) is 21.3. The summed E-state index contributed by atoms with van der Waals surface area (Å²) in [5, 5.41) is 5.82. The Labute approximate surface area is 351 Å². The van der Waals surface area contributed by atoms with Crippen molar-refractivity contribution in [1.82, 2.24) is 30.4 Å². The van der Waals surface area contributed by atoms with E-state index < -0.39 is 24.3 Å². The van der Waals surface area contributed by atoms with Crippen molar-refractivity contribution in [1.29, 1.82) is 0 Å². The summed E-state index contributed by atoms with van der Waals surface area (Å²) in [6.45, 7) is 10.6. The predicted molar refractivity (Wildman–Crippen MR) is 227 cm³/mol. The number of carbonyl (C=O) groups is 4. The molecule has 0 spiro atoms. The summed E-state index contributed by atoms with van der Waals surface area (Å²) in [6.07, 6.45) is 3.45. The summed E-state index contributed by atoms with van der Waals surface area (Å²) >= 11 is 6.75. The highest BCUT2D eigenvalue weighted by Crippen LogP contribution is 2.39. The number of hydrogen-bond acceptors (Lipinski definition) is 9. The molecule has 316 valence electrons. The number of benzene rings is 2. The summed E-state index contributed by atoms with van der Waals surface area (Å²) in [5.41, 5.74) is 6.53. The number of carbonyl (C=O) groups excluding carboxylic acids is 4. The Balaban J connectivity index is 1.12. The van der Waals surface area contributed by atoms with Gasteiger partial charge in [-0.25, -0.2) is 14.6 Å².